The summed E-state index contributed by atoms with van der Waals surface area (Å²) in [6, 6.07) is 5.97. The molecular formula is C32H34Cl2F6N6O3. The third kappa shape index (κ3) is 6.98. The molecule has 9 nitrogen and oxygen atoms in total. The van der Waals surface area contributed by atoms with Gasteiger partial charge in [-0.1, -0.05) is 29.3 Å². The molecule has 3 aromatic rings. The zero-order valence-corrected chi connectivity index (χ0v) is 27.9. The highest BCUT2D eigenvalue weighted by Gasteiger charge is 2.55. The minimum atomic E-state index is -5.19. The molecule has 1 saturated heterocycles. The van der Waals surface area contributed by atoms with Crippen molar-refractivity contribution in [2.45, 2.75) is 69.6 Å². The van der Waals surface area contributed by atoms with Crippen LogP contribution in [0.1, 0.15) is 54.9 Å². The maximum Gasteiger partial charge on any atom is 0.426 e. The fraction of sp³-hybridized carbons (Fsp3) is 0.531. The fourth-order valence-corrected chi connectivity index (χ4v) is 7.17. The first-order valence-electron chi connectivity index (χ1n) is 15.8. The zero-order valence-electron chi connectivity index (χ0n) is 26.4. The molecule has 2 aliphatic carbocycles. The number of aliphatic hydroxyl groups is 1. The van der Waals surface area contributed by atoms with Crippen molar-refractivity contribution >= 4 is 63.4 Å². The smallest absolute Gasteiger partial charge is 0.373 e. The largest absolute Gasteiger partial charge is 0.426 e. The first-order valence-corrected chi connectivity index (χ1v) is 16.5. The number of rotatable bonds is 8. The Kier molecular flexibility index (Phi) is 9.19. The van der Waals surface area contributed by atoms with Crippen molar-refractivity contribution in [3.8, 4) is 0 Å². The number of hydrogen-bond acceptors (Lipinski definition) is 6. The normalized spacial score (nSPS) is 23.6. The molecule has 4 N–H and O–H groups in total. The topological polar surface area (TPSA) is 112 Å². The van der Waals surface area contributed by atoms with Crippen LogP contribution in [0.3, 0.4) is 0 Å². The van der Waals surface area contributed by atoms with Gasteiger partial charge in [-0.25, -0.2) is 4.98 Å². The fourth-order valence-electron chi connectivity index (χ4n) is 6.64. The summed E-state index contributed by atoms with van der Waals surface area (Å²) in [7, 11) is 1.73. The number of aryl methyl sites for hydroxylation is 1. The molecule has 2 aromatic carbocycles. The molecular weight excluding hydrogens is 701 g/mol. The molecule has 3 atom stereocenters. The summed E-state index contributed by atoms with van der Waals surface area (Å²) in [6.07, 6.45) is -7.95. The van der Waals surface area contributed by atoms with Gasteiger partial charge in [0.25, 0.3) is 11.8 Å². The molecule has 2 saturated carbocycles. The van der Waals surface area contributed by atoms with Crippen LogP contribution < -0.4 is 20.9 Å². The average molecular weight is 736 g/mol. The minimum absolute atomic E-state index is 0.0104. The summed E-state index contributed by atoms with van der Waals surface area (Å²) >= 11 is 13.0. The second-order valence-electron chi connectivity index (χ2n) is 13.4. The summed E-state index contributed by atoms with van der Waals surface area (Å²) in [5, 5.41) is 17.8. The molecule has 2 amide bonds. The first-order chi connectivity index (χ1) is 22.8. The number of imidazole rings is 1. The predicted molar refractivity (Wildman–Crippen MR) is 172 cm³/mol. The number of aromatic nitrogens is 2. The monoisotopic (exact) mass is 734 g/mol. The SMILES string of the molecule is Cn1c(Nc2c(Cl)ccc(CNC(=O)[C@](C)(O)C(F)(F)F)c2Cl)nc2cc(C(=O)NC3CCC(C(F)(F)F)CC3)c(N3CC4CC4C3)cc21. The van der Waals surface area contributed by atoms with Crippen molar-refractivity contribution in [2.24, 2.45) is 24.8 Å². The Balaban J connectivity index is 1.25. The summed E-state index contributed by atoms with van der Waals surface area (Å²) in [5.41, 5.74) is -1.10. The Morgan fingerprint density at radius 3 is 2.29 bits per heavy atom. The van der Waals surface area contributed by atoms with E-state index in [9.17, 15) is 41.0 Å². The zero-order chi connectivity index (χ0) is 35.6. The van der Waals surface area contributed by atoms with Crippen LogP contribution in [0.5, 0.6) is 0 Å². The molecule has 2 heterocycles. The van der Waals surface area contributed by atoms with Crippen LogP contribution in [0.15, 0.2) is 24.3 Å². The number of anilines is 3. The lowest BCUT2D eigenvalue weighted by molar-refractivity contribution is -0.245. The van der Waals surface area contributed by atoms with Crippen LogP contribution >= 0.6 is 23.2 Å². The number of hydrogen-bond donors (Lipinski definition) is 4. The van der Waals surface area contributed by atoms with Gasteiger partial charge >= 0.3 is 12.4 Å². The number of amides is 2. The summed E-state index contributed by atoms with van der Waals surface area (Å²) in [5.74, 6) is -2.05. The van der Waals surface area contributed by atoms with E-state index in [1.807, 2.05) is 11.4 Å². The van der Waals surface area contributed by atoms with Crippen molar-refractivity contribution in [3.05, 3.63) is 45.4 Å². The highest BCUT2D eigenvalue weighted by Crippen LogP contribution is 2.47. The lowest BCUT2D eigenvalue weighted by Gasteiger charge is -2.31. The molecule has 0 bridgehead atoms. The highest BCUT2D eigenvalue weighted by atomic mass is 35.5. The molecule has 0 radical (unpaired) electrons. The molecule has 1 aliphatic heterocycles. The number of carbonyl (C=O) groups excluding carboxylic acids is 2. The Hall–Kier alpha value is -3.43. The maximum absolute atomic E-state index is 13.7. The number of benzene rings is 2. The molecule has 3 aliphatic rings. The van der Waals surface area contributed by atoms with Gasteiger partial charge < -0.3 is 30.5 Å². The maximum atomic E-state index is 13.7. The number of nitrogens with one attached hydrogen (secondary N) is 3. The summed E-state index contributed by atoms with van der Waals surface area (Å²) < 4.78 is 80.6. The van der Waals surface area contributed by atoms with Crippen LogP contribution in [0.4, 0.5) is 43.7 Å². The van der Waals surface area contributed by atoms with E-state index in [4.69, 9.17) is 23.2 Å². The first kappa shape index (κ1) is 35.4. The van der Waals surface area contributed by atoms with Crippen LogP contribution in [0.25, 0.3) is 11.0 Å². The van der Waals surface area contributed by atoms with Crippen LogP contribution in [0, 0.1) is 17.8 Å². The van der Waals surface area contributed by atoms with Crippen molar-refractivity contribution in [1.29, 1.82) is 0 Å². The van der Waals surface area contributed by atoms with E-state index in [1.165, 1.54) is 12.1 Å². The Labute approximate surface area is 287 Å². The van der Waals surface area contributed by atoms with Crippen LogP contribution in [-0.4, -0.2) is 63.6 Å². The Morgan fingerprint density at radius 1 is 1.02 bits per heavy atom. The van der Waals surface area contributed by atoms with E-state index in [0.29, 0.717) is 41.0 Å². The third-order valence-corrected chi connectivity index (χ3v) is 10.7. The Bertz CT molecular complexity index is 1780. The van der Waals surface area contributed by atoms with Gasteiger partial charge in [-0.2, -0.15) is 26.3 Å². The predicted octanol–water partition coefficient (Wildman–Crippen LogP) is 6.86. The summed E-state index contributed by atoms with van der Waals surface area (Å²) in [6.45, 7) is 1.46. The van der Waals surface area contributed by atoms with Crippen molar-refractivity contribution in [1.82, 2.24) is 20.2 Å². The van der Waals surface area contributed by atoms with Gasteiger partial charge in [0.15, 0.2) is 0 Å². The number of halogens is 8. The van der Waals surface area contributed by atoms with Crippen LogP contribution in [0.2, 0.25) is 10.0 Å². The molecule has 0 spiro atoms. The lowest BCUT2D eigenvalue weighted by atomic mass is 9.85. The van der Waals surface area contributed by atoms with E-state index >= 15 is 0 Å². The van der Waals surface area contributed by atoms with Gasteiger partial charge in [0, 0.05) is 32.7 Å². The van der Waals surface area contributed by atoms with Crippen molar-refractivity contribution in [2.75, 3.05) is 23.3 Å². The van der Waals surface area contributed by atoms with Gasteiger partial charge in [-0.3, -0.25) is 9.59 Å². The van der Waals surface area contributed by atoms with Gasteiger partial charge in [-0.15, -0.1) is 0 Å². The van der Waals surface area contributed by atoms with Gasteiger partial charge in [-0.05, 0) is 74.6 Å². The van der Waals surface area contributed by atoms with E-state index in [2.05, 4.69) is 20.5 Å². The summed E-state index contributed by atoms with van der Waals surface area (Å²) in [4.78, 5) is 32.6. The number of nitrogens with zero attached hydrogens (tertiary/aromatic N) is 3. The molecule has 1 aromatic heterocycles. The van der Waals surface area contributed by atoms with Gasteiger partial charge in [0.1, 0.15) is 0 Å². The lowest BCUT2D eigenvalue weighted by Crippen LogP contribution is -2.54. The quantitative estimate of drug-likeness (QED) is 0.188. The number of fused-ring (bicyclic) bond motifs is 2. The standard InChI is InChI=1S/C32H34Cl2F6N6O3/c1-30(49,32(38,39)40)28(48)41-12-15-3-8-21(33)26(25(15)34)44-29-43-22-10-20(27(47)42-19-6-4-18(5-7-19)31(35,36)37)23(11-24(22)45(29)2)46-13-16-9-17(16)14-46/h3,8,10-11,16-19,49H,4-7,9,12-14H2,1-2H3,(H,41,48)(H,42,47)(H,43,44)/t16?,17?,18?,19?,30-/m0/s1. The van der Waals surface area contributed by atoms with Crippen molar-refractivity contribution in [3.63, 3.8) is 0 Å². The van der Waals surface area contributed by atoms with Crippen molar-refractivity contribution < 1.29 is 41.0 Å². The Morgan fingerprint density at radius 2 is 1.67 bits per heavy atom. The van der Waals surface area contributed by atoms with E-state index in [1.54, 1.807) is 17.7 Å². The second kappa shape index (κ2) is 12.7. The molecule has 17 heteroatoms. The number of alkyl halides is 6. The van der Waals surface area contributed by atoms with Gasteiger partial charge in [0.2, 0.25) is 11.5 Å². The molecule has 49 heavy (non-hydrogen) atoms. The average Bonchev–Trinajstić information content (AvgIpc) is 3.51. The van der Waals surface area contributed by atoms with Crippen LogP contribution in [-0.2, 0) is 18.4 Å². The van der Waals surface area contributed by atoms with E-state index in [-0.39, 0.29) is 59.0 Å². The third-order valence-electron chi connectivity index (χ3n) is 9.93. The highest BCUT2D eigenvalue weighted by molar-refractivity contribution is 6.39. The second-order valence-corrected chi connectivity index (χ2v) is 14.1. The van der Waals surface area contributed by atoms with E-state index in [0.717, 1.165) is 19.5 Å². The minimum Gasteiger partial charge on any atom is -0.373 e. The molecule has 3 fully saturated rings. The number of carbonyl (C=O) groups is 2. The molecule has 2 unspecified atom stereocenters. The van der Waals surface area contributed by atoms with Gasteiger partial charge in [0.05, 0.1) is 43.9 Å². The molecule has 266 valence electrons. The molecule has 6 rings (SSSR count). The van der Waals surface area contributed by atoms with E-state index < -0.39 is 42.2 Å². The number of piperidine rings is 1.